The SMILES string of the molecule is CC(C(N)=S)S(=O)(=O)N(C)c1ccccc1F. The van der Waals surface area contributed by atoms with Crippen LogP contribution in [0.3, 0.4) is 0 Å². The van der Waals surface area contributed by atoms with Crippen LogP contribution in [0.1, 0.15) is 6.92 Å². The second-order valence-corrected chi connectivity index (χ2v) is 6.26. The van der Waals surface area contributed by atoms with Crippen molar-refractivity contribution < 1.29 is 12.8 Å². The highest BCUT2D eigenvalue weighted by Crippen LogP contribution is 2.22. The van der Waals surface area contributed by atoms with Gasteiger partial charge in [0.1, 0.15) is 11.1 Å². The highest BCUT2D eigenvalue weighted by Gasteiger charge is 2.29. The van der Waals surface area contributed by atoms with Gasteiger partial charge in [0, 0.05) is 7.05 Å². The van der Waals surface area contributed by atoms with Crippen LogP contribution in [0.5, 0.6) is 0 Å². The molecule has 4 nitrogen and oxygen atoms in total. The van der Waals surface area contributed by atoms with E-state index >= 15 is 0 Å². The fourth-order valence-electron chi connectivity index (χ4n) is 1.23. The van der Waals surface area contributed by atoms with Crippen molar-refractivity contribution in [2.24, 2.45) is 5.73 Å². The Balaban J connectivity index is 3.18. The third-order valence-corrected chi connectivity index (χ3v) is 5.03. The quantitative estimate of drug-likeness (QED) is 0.841. The Bertz CT molecular complexity index is 531. The molecule has 0 heterocycles. The Labute approximate surface area is 105 Å². The van der Waals surface area contributed by atoms with Crippen LogP contribution >= 0.6 is 12.2 Å². The molecule has 1 atom stereocenters. The summed E-state index contributed by atoms with van der Waals surface area (Å²) in [4.78, 5) is -0.145. The van der Waals surface area contributed by atoms with Crippen molar-refractivity contribution in [3.05, 3.63) is 30.1 Å². The number of anilines is 1. The minimum atomic E-state index is -3.79. The molecule has 0 saturated heterocycles. The lowest BCUT2D eigenvalue weighted by atomic mass is 10.3. The fourth-order valence-corrected chi connectivity index (χ4v) is 2.78. The summed E-state index contributed by atoms with van der Waals surface area (Å²) in [5.41, 5.74) is 5.28. The lowest BCUT2D eigenvalue weighted by Crippen LogP contribution is -2.41. The molecular weight excluding hydrogens is 263 g/mol. The van der Waals surface area contributed by atoms with Gasteiger partial charge in [0.25, 0.3) is 0 Å². The molecule has 0 aromatic heterocycles. The molecule has 0 bridgehead atoms. The Kier molecular flexibility index (Phi) is 4.05. The first-order valence-corrected chi connectivity index (χ1v) is 6.71. The number of rotatable bonds is 4. The van der Waals surface area contributed by atoms with E-state index in [9.17, 15) is 12.8 Å². The van der Waals surface area contributed by atoms with E-state index in [-0.39, 0.29) is 10.7 Å². The zero-order valence-electron chi connectivity index (χ0n) is 9.42. The first-order valence-electron chi connectivity index (χ1n) is 4.80. The van der Waals surface area contributed by atoms with E-state index in [1.807, 2.05) is 0 Å². The standard InChI is InChI=1S/C10H13FN2O2S2/c1-7(10(12)16)17(14,15)13(2)9-6-4-3-5-8(9)11/h3-7H,1-2H3,(H2,12,16). The van der Waals surface area contributed by atoms with Gasteiger partial charge in [-0.2, -0.15) is 0 Å². The molecule has 0 spiro atoms. The molecule has 1 unspecified atom stereocenters. The maximum Gasteiger partial charge on any atom is 0.244 e. The summed E-state index contributed by atoms with van der Waals surface area (Å²) in [5.74, 6) is -0.617. The Hall–Kier alpha value is -1.21. The number of halogens is 1. The summed E-state index contributed by atoms with van der Waals surface area (Å²) in [6, 6.07) is 5.60. The molecule has 0 aliphatic carbocycles. The molecule has 0 aliphatic heterocycles. The van der Waals surface area contributed by atoms with Gasteiger partial charge in [-0.3, -0.25) is 4.31 Å². The molecule has 7 heteroatoms. The van der Waals surface area contributed by atoms with Crippen LogP contribution < -0.4 is 10.0 Å². The van der Waals surface area contributed by atoms with Crippen molar-refractivity contribution in [1.82, 2.24) is 0 Å². The largest absolute Gasteiger partial charge is 0.392 e. The predicted molar refractivity (Wildman–Crippen MR) is 70.0 cm³/mol. The van der Waals surface area contributed by atoms with Crippen molar-refractivity contribution in [1.29, 1.82) is 0 Å². The normalized spacial score (nSPS) is 13.1. The van der Waals surface area contributed by atoms with E-state index in [1.54, 1.807) is 6.07 Å². The molecule has 1 rings (SSSR count). The van der Waals surface area contributed by atoms with Gasteiger partial charge in [0.2, 0.25) is 10.0 Å². The number of benzene rings is 1. The Morgan fingerprint density at radius 2 is 2.00 bits per heavy atom. The molecule has 17 heavy (non-hydrogen) atoms. The summed E-state index contributed by atoms with van der Waals surface area (Å²) < 4.78 is 38.4. The monoisotopic (exact) mass is 276 g/mol. The summed E-state index contributed by atoms with van der Waals surface area (Å²) in [5, 5.41) is -1.04. The molecule has 1 aromatic rings. The minimum Gasteiger partial charge on any atom is -0.392 e. The van der Waals surface area contributed by atoms with Crippen LogP contribution in [0.2, 0.25) is 0 Å². The van der Waals surface area contributed by atoms with E-state index in [0.717, 1.165) is 4.31 Å². The highest BCUT2D eigenvalue weighted by atomic mass is 32.2. The number of nitrogens with zero attached hydrogens (tertiary/aromatic N) is 1. The second-order valence-electron chi connectivity index (χ2n) is 3.51. The van der Waals surface area contributed by atoms with Crippen molar-refractivity contribution in [3.63, 3.8) is 0 Å². The number of hydrogen-bond donors (Lipinski definition) is 1. The van der Waals surface area contributed by atoms with Gasteiger partial charge in [-0.1, -0.05) is 24.4 Å². The Morgan fingerprint density at radius 3 is 2.47 bits per heavy atom. The lowest BCUT2D eigenvalue weighted by Gasteiger charge is -2.23. The predicted octanol–water partition coefficient (Wildman–Crippen LogP) is 1.27. The molecule has 1 aromatic carbocycles. The third-order valence-electron chi connectivity index (χ3n) is 2.42. The van der Waals surface area contributed by atoms with E-state index in [4.69, 9.17) is 5.73 Å². The van der Waals surface area contributed by atoms with Crippen LogP contribution in [-0.4, -0.2) is 25.7 Å². The first-order chi connectivity index (χ1) is 7.78. The number of thiocarbonyl (C=S) groups is 1. The van der Waals surface area contributed by atoms with Gasteiger partial charge in [0.05, 0.1) is 10.7 Å². The fraction of sp³-hybridized carbons (Fsp3) is 0.300. The maximum atomic E-state index is 13.5. The summed E-state index contributed by atoms with van der Waals surface area (Å²) in [7, 11) is -2.52. The van der Waals surface area contributed by atoms with Crippen molar-refractivity contribution >= 4 is 32.9 Å². The van der Waals surface area contributed by atoms with Crippen molar-refractivity contribution in [2.75, 3.05) is 11.4 Å². The zero-order chi connectivity index (χ0) is 13.2. The van der Waals surface area contributed by atoms with Gasteiger partial charge >= 0.3 is 0 Å². The number of sulfonamides is 1. The lowest BCUT2D eigenvalue weighted by molar-refractivity contribution is 0.587. The number of hydrogen-bond acceptors (Lipinski definition) is 3. The summed E-state index contributed by atoms with van der Waals surface area (Å²) in [6.07, 6.45) is 0. The van der Waals surface area contributed by atoms with Gasteiger partial charge in [-0.25, -0.2) is 12.8 Å². The topological polar surface area (TPSA) is 63.4 Å². The second kappa shape index (κ2) is 4.97. The van der Waals surface area contributed by atoms with Crippen LogP contribution in [0.25, 0.3) is 0 Å². The molecule has 2 N–H and O–H groups in total. The molecule has 0 amide bonds. The Morgan fingerprint density at radius 1 is 1.47 bits per heavy atom. The molecule has 94 valence electrons. The van der Waals surface area contributed by atoms with Gasteiger partial charge < -0.3 is 5.73 Å². The average Bonchev–Trinajstić information content (AvgIpc) is 2.27. The number of para-hydroxylation sites is 1. The summed E-state index contributed by atoms with van der Waals surface area (Å²) in [6.45, 7) is 1.37. The first kappa shape index (κ1) is 13.9. The molecule has 0 radical (unpaired) electrons. The molecular formula is C10H13FN2O2S2. The smallest absolute Gasteiger partial charge is 0.244 e. The molecule has 0 aliphatic rings. The van der Waals surface area contributed by atoms with Crippen LogP contribution in [-0.2, 0) is 10.0 Å². The van der Waals surface area contributed by atoms with Gasteiger partial charge in [-0.05, 0) is 19.1 Å². The maximum absolute atomic E-state index is 13.5. The molecule has 0 fully saturated rings. The number of nitrogens with two attached hydrogens (primary N) is 1. The zero-order valence-corrected chi connectivity index (χ0v) is 11.1. The van der Waals surface area contributed by atoms with E-state index in [2.05, 4.69) is 12.2 Å². The van der Waals surface area contributed by atoms with E-state index in [0.29, 0.717) is 0 Å². The minimum absolute atomic E-state index is 0.0319. The average molecular weight is 276 g/mol. The van der Waals surface area contributed by atoms with E-state index in [1.165, 1.54) is 32.2 Å². The van der Waals surface area contributed by atoms with Crippen LogP contribution in [0, 0.1) is 5.82 Å². The molecule has 0 saturated carbocycles. The highest BCUT2D eigenvalue weighted by molar-refractivity contribution is 7.95. The van der Waals surface area contributed by atoms with Crippen molar-refractivity contribution in [3.8, 4) is 0 Å². The van der Waals surface area contributed by atoms with Crippen molar-refractivity contribution in [2.45, 2.75) is 12.2 Å². The summed E-state index contributed by atoms with van der Waals surface area (Å²) >= 11 is 4.65. The van der Waals surface area contributed by atoms with Gasteiger partial charge in [0.15, 0.2) is 0 Å². The van der Waals surface area contributed by atoms with Crippen LogP contribution in [0.4, 0.5) is 10.1 Å². The van der Waals surface area contributed by atoms with Gasteiger partial charge in [-0.15, -0.1) is 0 Å². The van der Waals surface area contributed by atoms with Crippen LogP contribution in [0.15, 0.2) is 24.3 Å². The van der Waals surface area contributed by atoms with E-state index < -0.39 is 21.1 Å². The third kappa shape index (κ3) is 2.73.